The van der Waals surface area contributed by atoms with Gasteiger partial charge in [0, 0.05) is 30.3 Å². The Labute approximate surface area is 124 Å². The Hall–Kier alpha value is -0.850. The number of anilines is 1. The third-order valence-electron chi connectivity index (χ3n) is 3.41. The quantitative estimate of drug-likeness (QED) is 0.927. The van der Waals surface area contributed by atoms with Gasteiger partial charge in [0.1, 0.15) is 5.82 Å². The molecule has 1 unspecified atom stereocenters. The average molecular weight is 321 g/mol. The SMILES string of the molecule is CS(=O)(=O)N1CCCC(CNc2cc(F)cc(Cl)c2)C1. The van der Waals surface area contributed by atoms with Crippen LogP contribution >= 0.6 is 11.6 Å². The van der Waals surface area contributed by atoms with Crippen LogP contribution in [0.2, 0.25) is 5.02 Å². The number of halogens is 2. The van der Waals surface area contributed by atoms with Crippen molar-refractivity contribution in [3.05, 3.63) is 29.0 Å². The number of nitrogens with zero attached hydrogens (tertiary/aromatic N) is 1. The Kier molecular flexibility index (Phi) is 4.88. The monoisotopic (exact) mass is 320 g/mol. The summed E-state index contributed by atoms with van der Waals surface area (Å²) in [5.74, 6) is -0.165. The number of sulfonamides is 1. The summed E-state index contributed by atoms with van der Waals surface area (Å²) in [7, 11) is -3.13. The highest BCUT2D eigenvalue weighted by molar-refractivity contribution is 7.88. The maximum atomic E-state index is 13.2. The third-order valence-corrected chi connectivity index (χ3v) is 4.90. The fourth-order valence-electron chi connectivity index (χ4n) is 2.41. The molecule has 7 heteroatoms. The summed E-state index contributed by atoms with van der Waals surface area (Å²) in [6, 6.07) is 4.28. The van der Waals surface area contributed by atoms with E-state index in [1.165, 1.54) is 22.7 Å². The van der Waals surface area contributed by atoms with Crippen LogP contribution < -0.4 is 5.32 Å². The number of hydrogen-bond acceptors (Lipinski definition) is 3. The molecular weight excluding hydrogens is 303 g/mol. The molecule has 0 aliphatic carbocycles. The van der Waals surface area contributed by atoms with Crippen LogP contribution in [0, 0.1) is 11.7 Å². The molecule has 1 aromatic carbocycles. The maximum absolute atomic E-state index is 13.2. The second kappa shape index (κ2) is 6.28. The van der Waals surface area contributed by atoms with E-state index in [1.54, 1.807) is 6.07 Å². The van der Waals surface area contributed by atoms with Gasteiger partial charge in [-0.15, -0.1) is 0 Å². The fourth-order valence-corrected chi connectivity index (χ4v) is 3.58. The molecule has 1 aliphatic rings. The lowest BCUT2D eigenvalue weighted by Crippen LogP contribution is -2.41. The standard InChI is InChI=1S/C13H18ClFN2O2S/c1-20(18,19)17-4-2-3-10(9-17)8-16-13-6-11(14)5-12(15)7-13/h5-7,10,16H,2-4,8-9H2,1H3. The van der Waals surface area contributed by atoms with Crippen molar-refractivity contribution in [1.29, 1.82) is 0 Å². The van der Waals surface area contributed by atoms with Crippen molar-refractivity contribution in [2.24, 2.45) is 5.92 Å². The first-order valence-corrected chi connectivity index (χ1v) is 8.72. The Morgan fingerprint density at radius 1 is 1.45 bits per heavy atom. The van der Waals surface area contributed by atoms with E-state index >= 15 is 0 Å². The Balaban J connectivity index is 1.93. The van der Waals surface area contributed by atoms with E-state index in [1.807, 2.05) is 0 Å². The molecule has 1 fully saturated rings. The minimum Gasteiger partial charge on any atom is -0.385 e. The summed E-state index contributed by atoms with van der Waals surface area (Å²) in [6.07, 6.45) is 3.04. The van der Waals surface area contributed by atoms with Gasteiger partial charge in [0.05, 0.1) is 6.26 Å². The van der Waals surface area contributed by atoms with Crippen LogP contribution in [0.3, 0.4) is 0 Å². The number of hydrogen-bond donors (Lipinski definition) is 1. The molecule has 1 atom stereocenters. The van der Waals surface area contributed by atoms with Crippen LogP contribution in [0.15, 0.2) is 18.2 Å². The number of benzene rings is 1. The van der Waals surface area contributed by atoms with Crippen molar-refractivity contribution in [2.75, 3.05) is 31.2 Å². The minimum atomic E-state index is -3.13. The van der Waals surface area contributed by atoms with Gasteiger partial charge in [-0.2, -0.15) is 0 Å². The van der Waals surface area contributed by atoms with Gasteiger partial charge in [0.2, 0.25) is 10.0 Å². The van der Waals surface area contributed by atoms with Crippen molar-refractivity contribution >= 4 is 27.3 Å². The van der Waals surface area contributed by atoms with Crippen molar-refractivity contribution in [1.82, 2.24) is 4.31 Å². The van der Waals surface area contributed by atoms with Crippen LogP contribution in [-0.2, 0) is 10.0 Å². The lowest BCUT2D eigenvalue weighted by Gasteiger charge is -2.31. The fraction of sp³-hybridized carbons (Fsp3) is 0.538. The van der Waals surface area contributed by atoms with Gasteiger partial charge in [0.15, 0.2) is 0 Å². The number of piperidine rings is 1. The third kappa shape index (κ3) is 4.33. The molecule has 0 aromatic heterocycles. The van der Waals surface area contributed by atoms with Gasteiger partial charge in [0.25, 0.3) is 0 Å². The molecule has 1 aliphatic heterocycles. The van der Waals surface area contributed by atoms with Gasteiger partial charge < -0.3 is 5.32 Å². The van der Waals surface area contributed by atoms with Gasteiger partial charge >= 0.3 is 0 Å². The molecule has 20 heavy (non-hydrogen) atoms. The van der Waals surface area contributed by atoms with E-state index in [2.05, 4.69) is 5.32 Å². The first kappa shape index (κ1) is 15.5. The number of rotatable bonds is 4. The number of nitrogens with one attached hydrogen (secondary N) is 1. The van der Waals surface area contributed by atoms with Crippen molar-refractivity contribution in [3.63, 3.8) is 0 Å². The van der Waals surface area contributed by atoms with E-state index in [-0.39, 0.29) is 11.7 Å². The minimum absolute atomic E-state index is 0.223. The van der Waals surface area contributed by atoms with Crippen LogP contribution in [0.1, 0.15) is 12.8 Å². The first-order valence-electron chi connectivity index (χ1n) is 6.49. The van der Waals surface area contributed by atoms with E-state index in [0.717, 1.165) is 12.8 Å². The van der Waals surface area contributed by atoms with Crippen molar-refractivity contribution < 1.29 is 12.8 Å². The van der Waals surface area contributed by atoms with Crippen molar-refractivity contribution in [3.8, 4) is 0 Å². The van der Waals surface area contributed by atoms with Crippen LogP contribution in [0.25, 0.3) is 0 Å². The van der Waals surface area contributed by atoms with Gasteiger partial charge in [-0.05, 0) is 37.0 Å². The molecule has 1 heterocycles. The van der Waals surface area contributed by atoms with E-state index in [4.69, 9.17) is 11.6 Å². The molecule has 112 valence electrons. The maximum Gasteiger partial charge on any atom is 0.211 e. The molecule has 0 amide bonds. The molecular formula is C13H18ClFN2O2S. The highest BCUT2D eigenvalue weighted by Crippen LogP contribution is 2.21. The van der Waals surface area contributed by atoms with Gasteiger partial charge in [-0.3, -0.25) is 0 Å². The van der Waals surface area contributed by atoms with Crippen LogP contribution in [-0.4, -0.2) is 38.6 Å². The predicted molar refractivity (Wildman–Crippen MR) is 79.0 cm³/mol. The second-order valence-corrected chi connectivity index (χ2v) is 7.59. The van der Waals surface area contributed by atoms with Crippen LogP contribution in [0.4, 0.5) is 10.1 Å². The topological polar surface area (TPSA) is 49.4 Å². The lowest BCUT2D eigenvalue weighted by atomic mass is 9.99. The second-order valence-electron chi connectivity index (χ2n) is 5.17. The van der Waals surface area contributed by atoms with E-state index in [9.17, 15) is 12.8 Å². The van der Waals surface area contributed by atoms with E-state index in [0.29, 0.717) is 30.3 Å². The molecule has 1 N–H and O–H groups in total. The smallest absolute Gasteiger partial charge is 0.211 e. The summed E-state index contributed by atoms with van der Waals surface area (Å²) in [5, 5.41) is 3.46. The van der Waals surface area contributed by atoms with Gasteiger partial charge in [-0.1, -0.05) is 11.6 Å². The Morgan fingerprint density at radius 3 is 2.85 bits per heavy atom. The van der Waals surface area contributed by atoms with Crippen LogP contribution in [0.5, 0.6) is 0 Å². The van der Waals surface area contributed by atoms with Gasteiger partial charge in [-0.25, -0.2) is 17.1 Å². The summed E-state index contributed by atoms with van der Waals surface area (Å²) >= 11 is 5.79. The summed E-state index contributed by atoms with van der Waals surface area (Å²) in [5.41, 5.74) is 0.617. The molecule has 1 saturated heterocycles. The zero-order chi connectivity index (χ0) is 14.8. The molecule has 2 rings (SSSR count). The lowest BCUT2D eigenvalue weighted by molar-refractivity contribution is 0.277. The molecule has 0 saturated carbocycles. The highest BCUT2D eigenvalue weighted by atomic mass is 35.5. The van der Waals surface area contributed by atoms with Crippen molar-refractivity contribution in [2.45, 2.75) is 12.8 Å². The molecule has 0 spiro atoms. The largest absolute Gasteiger partial charge is 0.385 e. The molecule has 0 bridgehead atoms. The molecule has 1 aromatic rings. The summed E-state index contributed by atoms with van der Waals surface area (Å²) < 4.78 is 37.8. The zero-order valence-electron chi connectivity index (χ0n) is 11.3. The molecule has 0 radical (unpaired) electrons. The molecule has 4 nitrogen and oxygen atoms in total. The van der Waals surface area contributed by atoms with E-state index < -0.39 is 10.0 Å². The Morgan fingerprint density at radius 2 is 2.20 bits per heavy atom. The zero-order valence-corrected chi connectivity index (χ0v) is 12.8. The normalized spacial score (nSPS) is 20.9. The summed E-state index contributed by atoms with van der Waals surface area (Å²) in [6.45, 7) is 1.70. The highest BCUT2D eigenvalue weighted by Gasteiger charge is 2.25. The predicted octanol–water partition coefficient (Wildman–Crippen LogP) is 2.56. The average Bonchev–Trinajstić information content (AvgIpc) is 2.35. The first-order chi connectivity index (χ1) is 9.34. The summed E-state index contributed by atoms with van der Waals surface area (Å²) in [4.78, 5) is 0. The Bertz CT molecular complexity index is 559.